The van der Waals surface area contributed by atoms with Gasteiger partial charge in [0.15, 0.2) is 0 Å². The van der Waals surface area contributed by atoms with E-state index in [4.69, 9.17) is 14.3 Å². The second-order valence-electron chi connectivity index (χ2n) is 6.83. The van der Waals surface area contributed by atoms with Gasteiger partial charge >= 0.3 is 0 Å². The van der Waals surface area contributed by atoms with Gasteiger partial charge in [-0.3, -0.25) is 9.59 Å². The van der Waals surface area contributed by atoms with Gasteiger partial charge in [0.05, 0.1) is 19.9 Å². The number of amides is 2. The van der Waals surface area contributed by atoms with Gasteiger partial charge in [0.1, 0.15) is 23.1 Å². The second-order valence-corrected chi connectivity index (χ2v) is 6.83. The Morgan fingerprint density at radius 3 is 2.43 bits per heavy atom. The third kappa shape index (κ3) is 2.62. The van der Waals surface area contributed by atoms with Gasteiger partial charge in [-0.05, 0) is 55.3 Å². The average Bonchev–Trinajstić information content (AvgIpc) is 3.24. The zero-order chi connectivity index (χ0) is 20.0. The van der Waals surface area contributed by atoms with Gasteiger partial charge in [-0.1, -0.05) is 11.2 Å². The minimum atomic E-state index is -0.972. The molecule has 0 aliphatic carbocycles. The number of benzene rings is 2. The summed E-state index contributed by atoms with van der Waals surface area (Å²) < 4.78 is 10.7. The van der Waals surface area contributed by atoms with Gasteiger partial charge in [-0.2, -0.15) is 0 Å². The van der Waals surface area contributed by atoms with Crippen LogP contribution in [0.1, 0.15) is 16.7 Å². The summed E-state index contributed by atoms with van der Waals surface area (Å²) in [5.41, 5.74) is 3.55. The molecule has 0 aromatic heterocycles. The van der Waals surface area contributed by atoms with E-state index in [1.165, 1.54) is 12.0 Å². The van der Waals surface area contributed by atoms with E-state index in [9.17, 15) is 9.59 Å². The number of methoxy groups -OCH3 is 2. The Morgan fingerprint density at radius 1 is 0.964 bits per heavy atom. The molecule has 2 atom stereocenters. The first kappa shape index (κ1) is 18.0. The Balaban J connectivity index is 1.74. The molecule has 2 aromatic rings. The van der Waals surface area contributed by atoms with Gasteiger partial charge in [0.2, 0.25) is 12.0 Å². The van der Waals surface area contributed by atoms with Gasteiger partial charge in [0, 0.05) is 5.56 Å². The zero-order valence-electron chi connectivity index (χ0n) is 16.1. The molecule has 2 aliphatic heterocycles. The monoisotopic (exact) mass is 380 g/mol. The van der Waals surface area contributed by atoms with E-state index in [0.29, 0.717) is 28.5 Å². The molecule has 4 rings (SSSR count). The van der Waals surface area contributed by atoms with E-state index in [1.807, 2.05) is 26.0 Å². The lowest BCUT2D eigenvalue weighted by atomic mass is 9.93. The van der Waals surface area contributed by atoms with Crippen molar-refractivity contribution in [2.24, 2.45) is 11.1 Å². The largest absolute Gasteiger partial charge is 0.497 e. The maximum absolute atomic E-state index is 13.2. The number of rotatable bonds is 4. The van der Waals surface area contributed by atoms with E-state index in [-0.39, 0.29) is 5.91 Å². The van der Waals surface area contributed by atoms with Crippen molar-refractivity contribution >= 4 is 23.2 Å². The molecular weight excluding hydrogens is 360 g/mol. The van der Waals surface area contributed by atoms with Crippen LogP contribution >= 0.6 is 0 Å². The lowest BCUT2D eigenvalue weighted by Crippen LogP contribution is -2.33. The van der Waals surface area contributed by atoms with Crippen LogP contribution in [0.25, 0.3) is 0 Å². The number of carbonyl (C=O) groups excluding carboxylic acids is 2. The molecule has 0 radical (unpaired) electrons. The molecule has 7 nitrogen and oxygen atoms in total. The van der Waals surface area contributed by atoms with Crippen molar-refractivity contribution in [3.8, 4) is 11.5 Å². The quantitative estimate of drug-likeness (QED) is 0.762. The molecule has 1 fully saturated rings. The fourth-order valence-electron chi connectivity index (χ4n) is 3.53. The summed E-state index contributed by atoms with van der Waals surface area (Å²) in [6, 6.07) is 10.7. The highest BCUT2D eigenvalue weighted by molar-refractivity contribution is 6.32. The molecule has 2 heterocycles. The number of nitrogens with zero attached hydrogens (tertiary/aromatic N) is 2. The molecule has 0 bridgehead atoms. The Bertz CT molecular complexity index is 1010. The number of ether oxygens (including phenoxy) is 2. The lowest BCUT2D eigenvalue weighted by Gasteiger charge is -2.17. The van der Waals surface area contributed by atoms with E-state index in [1.54, 1.807) is 31.4 Å². The van der Waals surface area contributed by atoms with Crippen LogP contribution in [0.3, 0.4) is 0 Å². The number of hydrogen-bond acceptors (Lipinski definition) is 6. The molecule has 2 aromatic carbocycles. The number of carbonyl (C=O) groups is 2. The van der Waals surface area contributed by atoms with E-state index in [0.717, 1.165) is 11.1 Å². The molecule has 0 N–H and O–H groups in total. The van der Waals surface area contributed by atoms with Gasteiger partial charge in [-0.15, -0.1) is 0 Å². The van der Waals surface area contributed by atoms with E-state index >= 15 is 0 Å². The summed E-state index contributed by atoms with van der Waals surface area (Å²) in [6.07, 6.45) is -0.972. The Morgan fingerprint density at radius 2 is 1.75 bits per heavy atom. The standard InChI is InChI=1S/C21H20N2O5/c1-11-5-6-13(9-12(11)2)23-20(24)17-18(22-28-19(17)21(23)25)15-10-14(26-3)7-8-16(15)27-4/h5-10,17,19H,1-4H3/t17-,19+/m1/s1. The predicted octanol–water partition coefficient (Wildman–Crippen LogP) is 2.61. The van der Waals surface area contributed by atoms with Crippen LogP contribution in [-0.2, 0) is 14.4 Å². The van der Waals surface area contributed by atoms with Crippen LogP contribution in [0.2, 0.25) is 0 Å². The molecular formula is C21H20N2O5. The number of fused-ring (bicyclic) bond motifs is 1. The highest BCUT2D eigenvalue weighted by Gasteiger charge is 2.56. The highest BCUT2D eigenvalue weighted by atomic mass is 16.7. The summed E-state index contributed by atoms with van der Waals surface area (Å²) in [5, 5.41) is 4.05. The van der Waals surface area contributed by atoms with Crippen molar-refractivity contribution in [1.29, 1.82) is 0 Å². The highest BCUT2D eigenvalue weighted by Crippen LogP contribution is 2.38. The smallest absolute Gasteiger partial charge is 0.278 e. The number of hydrogen-bond donors (Lipinski definition) is 0. The molecule has 2 amide bonds. The fourth-order valence-corrected chi connectivity index (χ4v) is 3.53. The molecule has 0 unspecified atom stereocenters. The number of oxime groups is 1. The van der Waals surface area contributed by atoms with Gasteiger partial charge in [-0.25, -0.2) is 4.90 Å². The van der Waals surface area contributed by atoms with Crippen molar-refractivity contribution in [1.82, 2.24) is 0 Å². The van der Waals surface area contributed by atoms with Crippen molar-refractivity contribution in [2.75, 3.05) is 19.1 Å². The fraction of sp³-hybridized carbons (Fsp3) is 0.286. The summed E-state index contributed by atoms with van der Waals surface area (Å²) in [5.74, 6) is -0.494. The summed E-state index contributed by atoms with van der Waals surface area (Å²) >= 11 is 0. The zero-order valence-corrected chi connectivity index (χ0v) is 16.1. The minimum absolute atomic E-state index is 0.362. The molecule has 0 saturated carbocycles. The maximum atomic E-state index is 13.2. The second kappa shape index (κ2) is 6.67. The lowest BCUT2D eigenvalue weighted by molar-refractivity contribution is -0.126. The maximum Gasteiger partial charge on any atom is 0.278 e. The number of imide groups is 1. The van der Waals surface area contributed by atoms with Crippen molar-refractivity contribution in [2.45, 2.75) is 20.0 Å². The van der Waals surface area contributed by atoms with Crippen LogP contribution in [0.4, 0.5) is 5.69 Å². The molecule has 2 aliphatic rings. The molecule has 28 heavy (non-hydrogen) atoms. The van der Waals surface area contributed by atoms with Crippen LogP contribution < -0.4 is 14.4 Å². The predicted molar refractivity (Wildman–Crippen MR) is 103 cm³/mol. The Labute approximate surface area is 162 Å². The summed E-state index contributed by atoms with van der Waals surface area (Å²) in [4.78, 5) is 32.7. The average molecular weight is 380 g/mol. The summed E-state index contributed by atoms with van der Waals surface area (Å²) in [7, 11) is 3.08. The summed E-state index contributed by atoms with van der Waals surface area (Å²) in [6.45, 7) is 3.92. The minimum Gasteiger partial charge on any atom is -0.497 e. The number of anilines is 1. The van der Waals surface area contributed by atoms with Crippen LogP contribution in [-0.4, -0.2) is 37.8 Å². The van der Waals surface area contributed by atoms with Crippen molar-refractivity contribution in [3.63, 3.8) is 0 Å². The van der Waals surface area contributed by atoms with Crippen LogP contribution in [0.15, 0.2) is 41.6 Å². The van der Waals surface area contributed by atoms with E-state index < -0.39 is 17.9 Å². The van der Waals surface area contributed by atoms with Gasteiger partial charge < -0.3 is 14.3 Å². The molecule has 7 heteroatoms. The van der Waals surface area contributed by atoms with Crippen LogP contribution in [0, 0.1) is 19.8 Å². The first-order valence-electron chi connectivity index (χ1n) is 8.87. The topological polar surface area (TPSA) is 77.4 Å². The SMILES string of the molecule is COc1ccc(OC)c(C2=NO[C@@H]3C(=O)N(c4ccc(C)c(C)c4)C(=O)[C@H]23)c1. The molecule has 0 spiro atoms. The Hall–Kier alpha value is -3.35. The van der Waals surface area contributed by atoms with Crippen LogP contribution in [0.5, 0.6) is 11.5 Å². The van der Waals surface area contributed by atoms with Crippen molar-refractivity contribution < 1.29 is 23.9 Å². The molecule has 144 valence electrons. The first-order valence-corrected chi connectivity index (χ1v) is 8.87. The number of aryl methyl sites for hydroxylation is 2. The van der Waals surface area contributed by atoms with E-state index in [2.05, 4.69) is 5.16 Å². The third-order valence-corrected chi connectivity index (χ3v) is 5.24. The van der Waals surface area contributed by atoms with Gasteiger partial charge in [0.25, 0.3) is 5.91 Å². The Kier molecular flexibility index (Phi) is 4.30. The normalized spacial score (nSPS) is 20.7. The van der Waals surface area contributed by atoms with Crippen molar-refractivity contribution in [3.05, 3.63) is 53.1 Å². The molecule has 1 saturated heterocycles. The third-order valence-electron chi connectivity index (χ3n) is 5.24. The first-order chi connectivity index (χ1) is 13.5.